The Hall–Kier alpha value is -3.38. The smallest absolute Gasteiger partial charge is 0.305 e. The third-order valence-corrected chi connectivity index (χ3v) is 5.18. The Labute approximate surface area is 178 Å². The Balaban J connectivity index is 2.13. The number of hydrogen-bond donors (Lipinski definition) is 7. The molecule has 4 atom stereocenters. The van der Waals surface area contributed by atoms with Crippen LogP contribution in [0.5, 0.6) is 0 Å². The first-order chi connectivity index (χ1) is 14.7. The zero-order chi connectivity index (χ0) is 23.0. The lowest BCUT2D eigenvalue weighted by Crippen LogP contribution is -2.54. The van der Waals surface area contributed by atoms with Crippen LogP contribution in [0.1, 0.15) is 38.5 Å². The van der Waals surface area contributed by atoms with Crippen molar-refractivity contribution in [2.45, 2.75) is 56.7 Å². The number of carbonyl (C=O) groups excluding carboxylic acids is 4. The minimum Gasteiger partial charge on any atom is -0.481 e. The molecule has 1 saturated carbocycles. The van der Waals surface area contributed by atoms with Crippen LogP contribution >= 0.6 is 0 Å². The van der Waals surface area contributed by atoms with E-state index in [0.717, 1.165) is 0 Å². The molecule has 1 saturated heterocycles. The predicted molar refractivity (Wildman–Crippen MR) is 108 cm³/mol. The van der Waals surface area contributed by atoms with Crippen molar-refractivity contribution >= 4 is 35.6 Å². The van der Waals surface area contributed by atoms with Crippen molar-refractivity contribution in [1.29, 1.82) is 0 Å². The number of rotatable bonds is 6. The van der Waals surface area contributed by atoms with Crippen molar-refractivity contribution in [3.63, 3.8) is 0 Å². The van der Waals surface area contributed by atoms with Crippen molar-refractivity contribution in [2.75, 3.05) is 13.1 Å². The minimum absolute atomic E-state index is 0.0777. The second-order valence-electron chi connectivity index (χ2n) is 7.66. The number of aliphatic carboxylic acids is 1. The molecule has 1 heterocycles. The quantitative estimate of drug-likeness (QED) is 0.127. The molecular formula is C18H29N7O6. The highest BCUT2D eigenvalue weighted by Gasteiger charge is 2.35. The molecule has 1 aliphatic carbocycles. The first-order valence-corrected chi connectivity index (χ1v) is 10.1. The molecule has 4 amide bonds. The van der Waals surface area contributed by atoms with Gasteiger partial charge >= 0.3 is 5.97 Å². The van der Waals surface area contributed by atoms with Gasteiger partial charge in [-0.2, -0.15) is 0 Å². The number of guanidine groups is 1. The van der Waals surface area contributed by atoms with E-state index < -0.39 is 54.7 Å². The van der Waals surface area contributed by atoms with Gasteiger partial charge in [0.1, 0.15) is 12.1 Å². The summed E-state index contributed by atoms with van der Waals surface area (Å²) in [5.74, 6) is -3.97. The molecule has 0 aromatic heterocycles. The van der Waals surface area contributed by atoms with Gasteiger partial charge in [-0.05, 0) is 32.1 Å². The molecule has 9 N–H and O–H groups in total. The molecular weight excluding hydrogens is 410 g/mol. The van der Waals surface area contributed by atoms with E-state index in [2.05, 4.69) is 26.3 Å². The van der Waals surface area contributed by atoms with Gasteiger partial charge in [-0.15, -0.1) is 0 Å². The Morgan fingerprint density at radius 3 is 2.42 bits per heavy atom. The molecule has 13 heteroatoms. The van der Waals surface area contributed by atoms with E-state index in [4.69, 9.17) is 16.6 Å². The lowest BCUT2D eigenvalue weighted by atomic mass is 10.0. The summed E-state index contributed by atoms with van der Waals surface area (Å²) in [7, 11) is 0. The number of aliphatic imine (C=N–C) groups is 1. The van der Waals surface area contributed by atoms with E-state index in [1.165, 1.54) is 0 Å². The molecule has 1 aliphatic heterocycles. The molecule has 2 fully saturated rings. The maximum absolute atomic E-state index is 12.7. The minimum atomic E-state index is -1.28. The molecule has 2 bridgehead atoms. The summed E-state index contributed by atoms with van der Waals surface area (Å²) >= 11 is 0. The van der Waals surface area contributed by atoms with Crippen LogP contribution < -0.4 is 32.7 Å². The van der Waals surface area contributed by atoms with Crippen LogP contribution in [0.4, 0.5) is 0 Å². The van der Waals surface area contributed by atoms with Gasteiger partial charge in [0.25, 0.3) is 0 Å². The number of nitrogens with two attached hydrogens (primary N) is 2. The van der Waals surface area contributed by atoms with Crippen LogP contribution in [0.2, 0.25) is 0 Å². The van der Waals surface area contributed by atoms with E-state index in [1.807, 2.05) is 0 Å². The first-order valence-electron chi connectivity index (χ1n) is 10.1. The molecule has 0 aromatic carbocycles. The fraction of sp³-hybridized carbons (Fsp3) is 0.667. The molecule has 31 heavy (non-hydrogen) atoms. The Morgan fingerprint density at radius 2 is 1.74 bits per heavy atom. The maximum atomic E-state index is 12.7. The zero-order valence-corrected chi connectivity index (χ0v) is 17.1. The molecule has 172 valence electrons. The van der Waals surface area contributed by atoms with Crippen LogP contribution in [0.3, 0.4) is 0 Å². The summed E-state index contributed by atoms with van der Waals surface area (Å²) in [6.45, 7) is -0.202. The van der Waals surface area contributed by atoms with Crippen molar-refractivity contribution in [1.82, 2.24) is 21.3 Å². The van der Waals surface area contributed by atoms with Gasteiger partial charge in [-0.25, -0.2) is 0 Å². The van der Waals surface area contributed by atoms with E-state index in [0.29, 0.717) is 25.7 Å². The van der Waals surface area contributed by atoms with E-state index >= 15 is 0 Å². The number of fused-ring (bicyclic) bond motifs is 2. The SMILES string of the molecule is NC(N)=NCCC[C@@H]1NC(=O)[C@H]2CC[C@@H](C2)NC(=O)[C@H](CC(=O)O)NC(=O)CNC1=O. The van der Waals surface area contributed by atoms with Gasteiger partial charge < -0.3 is 37.8 Å². The number of hydrogen-bond acceptors (Lipinski definition) is 6. The Morgan fingerprint density at radius 1 is 1.00 bits per heavy atom. The van der Waals surface area contributed by atoms with Gasteiger partial charge in [-0.3, -0.25) is 29.0 Å². The van der Waals surface area contributed by atoms with E-state index in [-0.39, 0.29) is 30.9 Å². The van der Waals surface area contributed by atoms with Crippen molar-refractivity contribution in [2.24, 2.45) is 22.4 Å². The van der Waals surface area contributed by atoms with Crippen molar-refractivity contribution in [3.8, 4) is 0 Å². The number of nitrogens with zero attached hydrogens (tertiary/aromatic N) is 1. The van der Waals surface area contributed by atoms with Gasteiger partial charge in [0.15, 0.2) is 5.96 Å². The Kier molecular flexibility index (Phi) is 8.58. The normalized spacial score (nSPS) is 27.2. The number of nitrogens with one attached hydrogen (secondary N) is 4. The van der Waals surface area contributed by atoms with Crippen molar-refractivity contribution < 1.29 is 29.1 Å². The lowest BCUT2D eigenvalue weighted by Gasteiger charge is -2.23. The Bertz CT molecular complexity index is 752. The van der Waals surface area contributed by atoms with Crippen LogP contribution in [0.15, 0.2) is 4.99 Å². The fourth-order valence-electron chi connectivity index (χ4n) is 3.63. The molecule has 0 aromatic rings. The second-order valence-corrected chi connectivity index (χ2v) is 7.66. The van der Waals surface area contributed by atoms with Crippen LogP contribution in [-0.2, 0) is 24.0 Å². The average molecular weight is 439 g/mol. The molecule has 13 nitrogen and oxygen atoms in total. The van der Waals surface area contributed by atoms with Gasteiger partial charge in [0.05, 0.1) is 13.0 Å². The predicted octanol–water partition coefficient (Wildman–Crippen LogP) is -3.10. The fourth-order valence-corrected chi connectivity index (χ4v) is 3.63. The van der Waals surface area contributed by atoms with Gasteiger partial charge in [0.2, 0.25) is 23.6 Å². The highest BCUT2D eigenvalue weighted by atomic mass is 16.4. The topological polar surface area (TPSA) is 218 Å². The largest absolute Gasteiger partial charge is 0.481 e. The summed E-state index contributed by atoms with van der Waals surface area (Å²) in [5, 5.41) is 19.2. The summed E-state index contributed by atoms with van der Waals surface area (Å²) in [6.07, 6.45) is 1.47. The molecule has 2 aliphatic rings. The molecule has 2 rings (SSSR count). The van der Waals surface area contributed by atoms with E-state index in [9.17, 15) is 24.0 Å². The average Bonchev–Trinajstić information content (AvgIpc) is 3.15. The van der Waals surface area contributed by atoms with E-state index in [1.54, 1.807) is 0 Å². The molecule has 0 spiro atoms. The number of amides is 4. The highest BCUT2D eigenvalue weighted by molar-refractivity contribution is 5.94. The number of carboxylic acid groups (broad SMARTS) is 1. The number of carbonyl (C=O) groups is 5. The molecule has 0 unspecified atom stereocenters. The van der Waals surface area contributed by atoms with Crippen LogP contribution in [-0.4, -0.2) is 71.9 Å². The van der Waals surface area contributed by atoms with Gasteiger partial charge in [-0.1, -0.05) is 0 Å². The third-order valence-electron chi connectivity index (χ3n) is 5.18. The third kappa shape index (κ3) is 7.75. The monoisotopic (exact) mass is 439 g/mol. The summed E-state index contributed by atoms with van der Waals surface area (Å²) in [6, 6.07) is -2.50. The van der Waals surface area contributed by atoms with Crippen LogP contribution in [0.25, 0.3) is 0 Å². The summed E-state index contributed by atoms with van der Waals surface area (Å²) in [5.41, 5.74) is 10.6. The van der Waals surface area contributed by atoms with Crippen molar-refractivity contribution in [3.05, 3.63) is 0 Å². The second kappa shape index (κ2) is 11.1. The van der Waals surface area contributed by atoms with Crippen LogP contribution in [0, 0.1) is 5.92 Å². The lowest BCUT2D eigenvalue weighted by molar-refractivity contribution is -0.141. The maximum Gasteiger partial charge on any atom is 0.305 e. The molecule has 0 radical (unpaired) electrons. The highest BCUT2D eigenvalue weighted by Crippen LogP contribution is 2.26. The standard InChI is InChI=1S/C18H29N7O6/c19-18(20)21-5-1-2-11-16(30)22-8-13(26)24-12(7-14(27)28)17(31)23-10-4-3-9(6-10)15(29)25-11/h9-12H,1-8H2,(H,22,30)(H,23,31)(H,24,26)(H,25,29)(H,27,28)(H4,19,20,21)/t9-,10-,11-,12-/m0/s1. The zero-order valence-electron chi connectivity index (χ0n) is 17.1. The number of carboxylic acids is 1. The first kappa shape index (κ1) is 23.9. The summed E-state index contributed by atoms with van der Waals surface area (Å²) < 4.78 is 0. The summed E-state index contributed by atoms with van der Waals surface area (Å²) in [4.78, 5) is 64.8. The van der Waals surface area contributed by atoms with Gasteiger partial charge in [0, 0.05) is 18.5 Å².